The third kappa shape index (κ3) is 4.76. The van der Waals surface area contributed by atoms with Crippen LogP contribution in [0.2, 0.25) is 0 Å². The number of hydrogen-bond donors (Lipinski definition) is 1. The zero-order valence-corrected chi connectivity index (χ0v) is 25.8. The first kappa shape index (κ1) is 28.5. The van der Waals surface area contributed by atoms with Crippen LogP contribution in [0.15, 0.2) is 24.5 Å². The molecular weight excluding hydrogens is 548 g/mol. The fraction of sp³-hybridized carbons (Fsp3) is 0.606. The smallest absolute Gasteiger partial charge is 0.264 e. The van der Waals surface area contributed by atoms with Gasteiger partial charge in [0.2, 0.25) is 5.91 Å². The van der Waals surface area contributed by atoms with E-state index in [4.69, 9.17) is 5.10 Å². The van der Waals surface area contributed by atoms with Crippen LogP contribution in [0.3, 0.4) is 0 Å². The SMILES string of the molecule is CCN(c1cc(C(F)F)c(-c2cnn(C)c2)cc1C)c1nn(C2CC3(C2)CC2(CCNCC2)C3)c2c1CN(C(C)=O)CC2. The van der Waals surface area contributed by atoms with E-state index < -0.39 is 6.43 Å². The van der Waals surface area contributed by atoms with Crippen molar-refractivity contribution in [3.8, 4) is 11.1 Å². The number of benzene rings is 1. The third-order valence-electron chi connectivity index (χ3n) is 10.8. The van der Waals surface area contributed by atoms with Gasteiger partial charge in [0.15, 0.2) is 5.82 Å². The molecule has 1 aromatic carbocycles. The monoisotopic (exact) mass is 591 g/mol. The molecule has 2 aliphatic heterocycles. The van der Waals surface area contributed by atoms with Gasteiger partial charge in [0.25, 0.3) is 6.43 Å². The highest BCUT2D eigenvalue weighted by Crippen LogP contribution is 2.70. The normalized spacial score (nSPS) is 20.8. The summed E-state index contributed by atoms with van der Waals surface area (Å²) in [5.41, 5.74) is 6.07. The summed E-state index contributed by atoms with van der Waals surface area (Å²) < 4.78 is 32.9. The zero-order valence-electron chi connectivity index (χ0n) is 25.8. The van der Waals surface area contributed by atoms with E-state index in [2.05, 4.69) is 20.0 Å². The van der Waals surface area contributed by atoms with Crippen LogP contribution in [0.1, 0.15) is 87.2 Å². The molecule has 3 aromatic rings. The average Bonchev–Trinajstić information content (AvgIpc) is 3.55. The molecule has 1 N–H and O–H groups in total. The molecule has 0 atom stereocenters. The minimum absolute atomic E-state index is 0.0107. The van der Waals surface area contributed by atoms with Crippen LogP contribution in [0, 0.1) is 17.8 Å². The fourth-order valence-corrected chi connectivity index (χ4v) is 8.90. The van der Waals surface area contributed by atoms with E-state index in [1.807, 2.05) is 24.8 Å². The summed E-state index contributed by atoms with van der Waals surface area (Å²) in [6.45, 7) is 9.67. The van der Waals surface area contributed by atoms with Crippen molar-refractivity contribution < 1.29 is 13.6 Å². The number of alkyl halides is 2. The Hall–Kier alpha value is -3.27. The van der Waals surface area contributed by atoms with Crippen molar-refractivity contribution in [2.45, 2.75) is 84.7 Å². The van der Waals surface area contributed by atoms with Gasteiger partial charge >= 0.3 is 0 Å². The second-order valence-corrected chi connectivity index (χ2v) is 13.7. The van der Waals surface area contributed by atoms with E-state index in [0.29, 0.717) is 47.6 Å². The Morgan fingerprint density at radius 2 is 1.93 bits per heavy atom. The number of rotatable bonds is 6. The van der Waals surface area contributed by atoms with E-state index in [0.717, 1.165) is 55.0 Å². The van der Waals surface area contributed by atoms with Crippen LogP contribution >= 0.6 is 0 Å². The predicted octanol–water partition coefficient (Wildman–Crippen LogP) is 6.08. The largest absolute Gasteiger partial charge is 0.338 e. The van der Waals surface area contributed by atoms with E-state index in [1.165, 1.54) is 31.4 Å². The lowest BCUT2D eigenvalue weighted by Crippen LogP contribution is -2.57. The summed E-state index contributed by atoms with van der Waals surface area (Å²) in [4.78, 5) is 16.4. The molecule has 1 amide bonds. The molecule has 3 fully saturated rings. The first-order valence-electron chi connectivity index (χ1n) is 15.9. The molecule has 4 heterocycles. The maximum atomic E-state index is 14.5. The minimum atomic E-state index is -2.63. The average molecular weight is 592 g/mol. The Kier molecular flexibility index (Phi) is 6.91. The lowest BCUT2D eigenvalue weighted by atomic mass is 9.42. The van der Waals surface area contributed by atoms with Crippen molar-refractivity contribution in [2.75, 3.05) is 31.1 Å². The lowest BCUT2D eigenvalue weighted by Gasteiger charge is -2.65. The number of piperidine rings is 1. The number of anilines is 2. The number of aromatic nitrogens is 4. The van der Waals surface area contributed by atoms with Crippen LogP contribution in [-0.4, -0.2) is 56.5 Å². The number of nitrogens with one attached hydrogen (secondary N) is 1. The van der Waals surface area contributed by atoms with Gasteiger partial charge < -0.3 is 15.1 Å². The molecule has 2 aromatic heterocycles. The lowest BCUT2D eigenvalue weighted by molar-refractivity contribution is -0.136. The Morgan fingerprint density at radius 1 is 1.19 bits per heavy atom. The number of aryl methyl sites for hydroxylation is 2. The molecule has 43 heavy (non-hydrogen) atoms. The molecule has 2 aliphatic carbocycles. The molecule has 0 bridgehead atoms. The van der Waals surface area contributed by atoms with Gasteiger partial charge in [-0.15, -0.1) is 0 Å². The number of carbonyl (C=O) groups excluding carboxylic acids is 1. The van der Waals surface area contributed by atoms with E-state index in [-0.39, 0.29) is 11.5 Å². The highest BCUT2D eigenvalue weighted by molar-refractivity contribution is 5.77. The highest BCUT2D eigenvalue weighted by atomic mass is 19.3. The van der Waals surface area contributed by atoms with E-state index >= 15 is 0 Å². The quantitative estimate of drug-likeness (QED) is 0.377. The van der Waals surface area contributed by atoms with Crippen LogP contribution in [0.25, 0.3) is 11.1 Å². The Morgan fingerprint density at radius 3 is 2.56 bits per heavy atom. The molecule has 4 aliphatic rings. The van der Waals surface area contributed by atoms with Gasteiger partial charge in [-0.05, 0) is 99.6 Å². The summed E-state index contributed by atoms with van der Waals surface area (Å²) in [6, 6.07) is 3.84. The Bertz CT molecular complexity index is 1540. The number of carbonyl (C=O) groups is 1. The molecule has 10 heteroatoms. The second-order valence-electron chi connectivity index (χ2n) is 13.7. The summed E-state index contributed by atoms with van der Waals surface area (Å²) in [7, 11) is 1.79. The van der Waals surface area contributed by atoms with Gasteiger partial charge in [0, 0.05) is 67.8 Å². The maximum absolute atomic E-state index is 14.5. The number of amides is 1. The minimum Gasteiger partial charge on any atom is -0.338 e. The Balaban J connectivity index is 1.23. The first-order valence-corrected chi connectivity index (χ1v) is 15.9. The van der Waals surface area contributed by atoms with E-state index in [9.17, 15) is 13.6 Å². The van der Waals surface area contributed by atoms with Crippen molar-refractivity contribution in [2.24, 2.45) is 17.9 Å². The van der Waals surface area contributed by atoms with Gasteiger partial charge in [0.05, 0.1) is 18.8 Å². The zero-order chi connectivity index (χ0) is 30.1. The molecule has 0 radical (unpaired) electrons. The van der Waals surface area contributed by atoms with Crippen LogP contribution in [-0.2, 0) is 24.8 Å². The number of halogens is 2. The van der Waals surface area contributed by atoms with Crippen molar-refractivity contribution in [1.82, 2.24) is 29.8 Å². The molecule has 7 rings (SSSR count). The molecule has 0 unspecified atom stereocenters. The first-order chi connectivity index (χ1) is 20.6. The standard InChI is InChI=1S/C33H43F2N7O/c1-5-41(29-13-26(30(34)35)25(12-21(29)2)23-16-37-39(4)17-23)31-27-18-40(22(3)43)11-6-28(27)42(38-31)24-14-33(15-24)19-32(20-33)7-9-36-10-8-32/h12-13,16-17,24,30,36H,5-11,14-15,18-20H2,1-4H3. The van der Waals surface area contributed by atoms with Gasteiger partial charge in [-0.3, -0.25) is 14.2 Å². The van der Waals surface area contributed by atoms with Crippen LogP contribution < -0.4 is 10.2 Å². The predicted molar refractivity (Wildman–Crippen MR) is 163 cm³/mol. The fourth-order valence-electron chi connectivity index (χ4n) is 8.90. The highest BCUT2D eigenvalue weighted by Gasteiger charge is 2.60. The molecular formula is C33H43F2N7O. The number of nitrogens with zero attached hydrogens (tertiary/aromatic N) is 6. The summed E-state index contributed by atoms with van der Waals surface area (Å²) in [5, 5.41) is 13.0. The summed E-state index contributed by atoms with van der Waals surface area (Å²) >= 11 is 0. The van der Waals surface area contributed by atoms with Gasteiger partial charge in [-0.1, -0.05) is 0 Å². The van der Waals surface area contributed by atoms with Crippen molar-refractivity contribution in [3.05, 3.63) is 46.9 Å². The van der Waals surface area contributed by atoms with Crippen LogP contribution in [0.5, 0.6) is 0 Å². The number of fused-ring (bicyclic) bond motifs is 1. The molecule has 2 spiro atoms. The van der Waals surface area contributed by atoms with Crippen molar-refractivity contribution in [1.29, 1.82) is 0 Å². The van der Waals surface area contributed by atoms with Crippen molar-refractivity contribution in [3.63, 3.8) is 0 Å². The van der Waals surface area contributed by atoms with Gasteiger partial charge in [0.1, 0.15) is 0 Å². The van der Waals surface area contributed by atoms with Gasteiger partial charge in [-0.2, -0.15) is 10.2 Å². The molecule has 2 saturated carbocycles. The Labute approximate surface area is 252 Å². The molecule has 1 saturated heterocycles. The van der Waals surface area contributed by atoms with Gasteiger partial charge in [-0.25, -0.2) is 8.78 Å². The summed E-state index contributed by atoms with van der Waals surface area (Å²) in [5.74, 6) is 0.846. The second kappa shape index (κ2) is 10.4. The maximum Gasteiger partial charge on any atom is 0.264 e. The number of hydrogen-bond acceptors (Lipinski definition) is 5. The molecule has 230 valence electrons. The van der Waals surface area contributed by atoms with E-state index in [1.54, 1.807) is 37.1 Å². The topological polar surface area (TPSA) is 71.2 Å². The van der Waals surface area contributed by atoms with Crippen LogP contribution in [0.4, 0.5) is 20.3 Å². The summed E-state index contributed by atoms with van der Waals surface area (Å²) in [6.07, 6.45) is 9.13. The third-order valence-corrected chi connectivity index (χ3v) is 10.8. The molecule has 8 nitrogen and oxygen atoms in total. The van der Waals surface area contributed by atoms with Crippen molar-refractivity contribution >= 4 is 17.4 Å².